The second-order valence-electron chi connectivity index (χ2n) is 8.60. The predicted octanol–water partition coefficient (Wildman–Crippen LogP) is 8.72. The van der Waals surface area contributed by atoms with Crippen molar-refractivity contribution in [3.8, 4) is 0 Å². The molecule has 6 atom stereocenters. The third-order valence-corrected chi connectivity index (χ3v) is 7.38. The van der Waals surface area contributed by atoms with E-state index in [9.17, 15) is 0 Å². The van der Waals surface area contributed by atoms with Gasteiger partial charge >= 0.3 is 37.9 Å². The van der Waals surface area contributed by atoms with Gasteiger partial charge in [0.25, 0.3) is 0 Å². The van der Waals surface area contributed by atoms with E-state index in [2.05, 4.69) is 13.8 Å². The average Bonchev–Trinajstić information content (AvgIpc) is 3.14. The molecule has 0 aromatic heterocycles. The van der Waals surface area contributed by atoms with Crippen LogP contribution in [0.1, 0.15) is 90.9 Å². The van der Waals surface area contributed by atoms with Crippen molar-refractivity contribution in [3.05, 3.63) is 14.9 Å². The van der Waals surface area contributed by atoms with Crippen molar-refractivity contribution in [2.75, 3.05) is 0 Å². The molecule has 4 saturated carbocycles. The van der Waals surface area contributed by atoms with Gasteiger partial charge in [-0.1, -0.05) is 65.2 Å². The zero-order chi connectivity index (χ0) is 16.7. The molecule has 3 heteroatoms. The molecule has 0 amide bonds. The van der Waals surface area contributed by atoms with Crippen LogP contribution in [0, 0.1) is 50.4 Å². The Bertz CT molecular complexity index is 289. The first-order valence-electron chi connectivity index (χ1n) is 10.1. The summed E-state index contributed by atoms with van der Waals surface area (Å²) in [6.45, 7) is 4.91. The average molecular weight is 469 g/mol. The van der Waals surface area contributed by atoms with Gasteiger partial charge in [-0.15, -0.1) is 0 Å². The molecule has 148 valence electrons. The first-order valence-corrected chi connectivity index (χ1v) is 16.5. The van der Waals surface area contributed by atoms with Crippen molar-refractivity contribution in [1.82, 2.24) is 0 Å². The number of rotatable bonds is 0. The molecular formula is C22H42Cl2Zr. The van der Waals surface area contributed by atoms with Crippen molar-refractivity contribution < 1.29 is 20.8 Å². The first kappa shape index (κ1) is 26.5. The van der Waals surface area contributed by atoms with E-state index in [-0.39, 0.29) is 14.9 Å². The van der Waals surface area contributed by atoms with Crippen LogP contribution < -0.4 is 0 Å². The van der Waals surface area contributed by atoms with E-state index in [1.54, 1.807) is 38.5 Å². The van der Waals surface area contributed by atoms with Crippen LogP contribution in [0.3, 0.4) is 0 Å². The molecule has 0 aromatic rings. The molecule has 4 rings (SSSR count). The molecular weight excluding hydrogens is 426 g/mol. The fraction of sp³-hybridized carbons (Fsp3) is 0.909. The molecule has 0 saturated heterocycles. The number of hydrogen-bond donors (Lipinski definition) is 0. The topological polar surface area (TPSA) is 0 Å². The number of fused-ring (bicyclic) bond motifs is 2. The van der Waals surface area contributed by atoms with E-state index in [0.717, 1.165) is 35.5 Å². The van der Waals surface area contributed by atoms with Crippen LogP contribution in [0.15, 0.2) is 0 Å². The summed E-state index contributed by atoms with van der Waals surface area (Å²) in [7, 11) is 9.87. The SMILES string of the molecule is CC1CCC2CCCCC12.CC1CCC2CCCCC12.[CH3-].[CH3-].[Cl][Zr+2][Cl]. The van der Waals surface area contributed by atoms with Gasteiger partial charge in [-0.05, 0) is 61.2 Å². The minimum atomic E-state index is -0.826. The van der Waals surface area contributed by atoms with E-state index in [1.807, 2.05) is 0 Å². The summed E-state index contributed by atoms with van der Waals surface area (Å²) in [4.78, 5) is 0. The van der Waals surface area contributed by atoms with Gasteiger partial charge in [-0.2, -0.15) is 0 Å². The van der Waals surface area contributed by atoms with Crippen LogP contribution in [0.5, 0.6) is 0 Å². The maximum atomic E-state index is 4.93. The molecule has 4 fully saturated rings. The molecule has 0 N–H and O–H groups in total. The monoisotopic (exact) mass is 466 g/mol. The third-order valence-electron chi connectivity index (χ3n) is 7.38. The van der Waals surface area contributed by atoms with Crippen molar-refractivity contribution >= 4 is 17.0 Å². The Labute approximate surface area is 178 Å². The Morgan fingerprint density at radius 1 is 0.560 bits per heavy atom. The maximum absolute atomic E-state index is 4.93. The van der Waals surface area contributed by atoms with E-state index >= 15 is 0 Å². The molecule has 0 radical (unpaired) electrons. The Morgan fingerprint density at radius 3 is 1.20 bits per heavy atom. The molecule has 0 nitrogen and oxygen atoms in total. The van der Waals surface area contributed by atoms with Crippen molar-refractivity contribution in [3.63, 3.8) is 0 Å². The van der Waals surface area contributed by atoms with E-state index in [4.69, 9.17) is 17.0 Å². The molecule has 0 heterocycles. The Morgan fingerprint density at radius 2 is 0.880 bits per heavy atom. The number of halogens is 2. The second-order valence-corrected chi connectivity index (χ2v) is 12.3. The van der Waals surface area contributed by atoms with E-state index < -0.39 is 20.8 Å². The molecule has 25 heavy (non-hydrogen) atoms. The fourth-order valence-electron chi connectivity index (χ4n) is 6.07. The summed E-state index contributed by atoms with van der Waals surface area (Å²) in [5.41, 5.74) is 0. The van der Waals surface area contributed by atoms with Gasteiger partial charge in [0.1, 0.15) is 0 Å². The van der Waals surface area contributed by atoms with Gasteiger partial charge in [-0.25, -0.2) is 0 Å². The quantitative estimate of drug-likeness (QED) is 0.312. The van der Waals surface area contributed by atoms with Gasteiger partial charge in [0.2, 0.25) is 0 Å². The van der Waals surface area contributed by atoms with Crippen LogP contribution in [0.2, 0.25) is 0 Å². The van der Waals surface area contributed by atoms with Crippen molar-refractivity contribution in [2.24, 2.45) is 35.5 Å². The fourth-order valence-corrected chi connectivity index (χ4v) is 6.07. The Kier molecular flexibility index (Phi) is 15.3. The summed E-state index contributed by atoms with van der Waals surface area (Å²) in [6.07, 6.45) is 18.4. The molecule has 0 spiro atoms. The van der Waals surface area contributed by atoms with Gasteiger partial charge in [0.05, 0.1) is 0 Å². The third kappa shape index (κ3) is 8.15. The number of hydrogen-bond acceptors (Lipinski definition) is 0. The van der Waals surface area contributed by atoms with Crippen molar-refractivity contribution in [2.45, 2.75) is 90.9 Å². The van der Waals surface area contributed by atoms with Crippen LogP contribution in [0.25, 0.3) is 0 Å². The van der Waals surface area contributed by atoms with Gasteiger partial charge in [0, 0.05) is 0 Å². The van der Waals surface area contributed by atoms with Gasteiger partial charge in [0.15, 0.2) is 0 Å². The summed E-state index contributed by atoms with van der Waals surface area (Å²) < 4.78 is 0. The molecule has 4 aliphatic carbocycles. The molecule has 6 unspecified atom stereocenters. The molecule has 0 aliphatic heterocycles. The standard InChI is InChI=1S/2C10H18.2CH3.2ClH.Zr/c2*1-8-6-7-9-4-2-3-5-10(8)9;;;;;/h2*8-10H,2-7H2,1H3;2*1H3;2*1H;/q;;2*-1;;;+4/p-2. The summed E-state index contributed by atoms with van der Waals surface area (Å²) in [5, 5.41) is 0. The predicted molar refractivity (Wildman–Crippen MR) is 112 cm³/mol. The van der Waals surface area contributed by atoms with Gasteiger partial charge < -0.3 is 14.9 Å². The van der Waals surface area contributed by atoms with E-state index in [1.165, 1.54) is 38.5 Å². The Balaban J connectivity index is 0.000000374. The minimum absolute atomic E-state index is 0. The van der Waals surface area contributed by atoms with Crippen LogP contribution in [-0.4, -0.2) is 0 Å². The Hall–Kier alpha value is 1.46. The second kappa shape index (κ2) is 14.5. The van der Waals surface area contributed by atoms with Crippen LogP contribution in [0.4, 0.5) is 0 Å². The summed E-state index contributed by atoms with van der Waals surface area (Å²) in [6, 6.07) is 0. The zero-order valence-corrected chi connectivity index (χ0v) is 21.2. The molecule has 4 aliphatic rings. The van der Waals surface area contributed by atoms with E-state index in [0.29, 0.717) is 0 Å². The summed E-state index contributed by atoms with van der Waals surface area (Å²) in [5.74, 6) is 6.67. The summed E-state index contributed by atoms with van der Waals surface area (Å²) >= 11 is -0.826. The van der Waals surface area contributed by atoms with Gasteiger partial charge in [-0.3, -0.25) is 0 Å². The van der Waals surface area contributed by atoms with Crippen molar-refractivity contribution in [1.29, 1.82) is 0 Å². The van der Waals surface area contributed by atoms with Crippen LogP contribution >= 0.6 is 17.0 Å². The normalized spacial score (nSPS) is 38.1. The molecule has 0 aromatic carbocycles. The van der Waals surface area contributed by atoms with Crippen LogP contribution in [-0.2, 0) is 20.8 Å². The molecule has 0 bridgehead atoms. The zero-order valence-electron chi connectivity index (χ0n) is 17.2. The first-order chi connectivity index (χ1) is 11.2.